The van der Waals surface area contributed by atoms with Crippen molar-refractivity contribution in [2.75, 3.05) is 22.9 Å². The van der Waals surface area contributed by atoms with Crippen LogP contribution in [0.2, 0.25) is 0 Å². The average Bonchev–Trinajstić information content (AvgIpc) is 2.23. The highest BCUT2D eigenvalue weighted by Crippen LogP contribution is 2.32. The molecule has 0 bridgehead atoms. The molecule has 1 fully saturated rings. The summed E-state index contributed by atoms with van der Waals surface area (Å²) in [5.41, 5.74) is 7.97. The van der Waals surface area contributed by atoms with Gasteiger partial charge in [-0.1, -0.05) is 6.92 Å². The van der Waals surface area contributed by atoms with Crippen molar-refractivity contribution in [2.45, 2.75) is 25.1 Å². The van der Waals surface area contributed by atoms with Crippen molar-refractivity contribution in [1.82, 2.24) is 0 Å². The van der Waals surface area contributed by atoms with Gasteiger partial charge in [0.25, 0.3) is 0 Å². The van der Waals surface area contributed by atoms with Gasteiger partial charge in [-0.05, 0) is 47.7 Å². The van der Waals surface area contributed by atoms with Crippen LogP contribution in [0, 0.1) is 3.57 Å². The zero-order valence-electron chi connectivity index (χ0n) is 9.61. The summed E-state index contributed by atoms with van der Waals surface area (Å²) < 4.78 is 1.25. The molecule has 0 radical (unpaired) electrons. The van der Waals surface area contributed by atoms with Crippen molar-refractivity contribution >= 4 is 45.7 Å². The Bertz CT molecular complexity index is 383. The second kappa shape index (κ2) is 5.04. The normalized spacial score (nSPS) is 25.8. The van der Waals surface area contributed by atoms with E-state index in [0.29, 0.717) is 11.3 Å². The zero-order valence-corrected chi connectivity index (χ0v) is 12.6. The number of nitrogens with two attached hydrogens (primary N) is 1. The molecule has 0 aliphatic carbocycles. The van der Waals surface area contributed by atoms with Crippen LogP contribution in [0.3, 0.4) is 0 Å². The molecule has 16 heavy (non-hydrogen) atoms. The number of anilines is 2. The summed E-state index contributed by atoms with van der Waals surface area (Å²) >= 11 is 4.44. The average molecular weight is 348 g/mol. The van der Waals surface area contributed by atoms with E-state index in [4.69, 9.17) is 5.73 Å². The predicted octanol–water partition coefficient (Wildman–Crippen LogP) is 3.20. The molecule has 0 amide bonds. The van der Waals surface area contributed by atoms with Crippen LogP contribution in [0.4, 0.5) is 11.4 Å². The number of hydrogen-bond donors (Lipinski definition) is 1. The molecule has 2 rings (SSSR count). The first-order chi connectivity index (χ1) is 7.59. The van der Waals surface area contributed by atoms with Gasteiger partial charge < -0.3 is 10.6 Å². The maximum atomic E-state index is 5.79. The van der Waals surface area contributed by atoms with Crippen LogP contribution in [-0.4, -0.2) is 23.6 Å². The summed E-state index contributed by atoms with van der Waals surface area (Å²) in [6.07, 6.45) is 0. The van der Waals surface area contributed by atoms with Crippen LogP contribution in [0.5, 0.6) is 0 Å². The van der Waals surface area contributed by atoms with E-state index in [1.165, 1.54) is 15.0 Å². The van der Waals surface area contributed by atoms with Crippen LogP contribution in [0.15, 0.2) is 18.2 Å². The molecule has 88 valence electrons. The van der Waals surface area contributed by atoms with Crippen LogP contribution < -0.4 is 10.6 Å². The van der Waals surface area contributed by atoms with E-state index in [0.717, 1.165) is 12.2 Å². The maximum absolute atomic E-state index is 5.79. The fourth-order valence-electron chi connectivity index (χ4n) is 2.03. The molecule has 4 heteroatoms. The molecule has 0 saturated carbocycles. The highest BCUT2D eigenvalue weighted by Gasteiger charge is 2.26. The number of rotatable bonds is 1. The minimum atomic E-state index is 0.593. The molecule has 1 aromatic carbocycles. The number of hydrogen-bond acceptors (Lipinski definition) is 3. The van der Waals surface area contributed by atoms with Gasteiger partial charge in [-0.3, -0.25) is 0 Å². The summed E-state index contributed by atoms with van der Waals surface area (Å²) in [6.45, 7) is 5.75. The van der Waals surface area contributed by atoms with Gasteiger partial charge in [-0.2, -0.15) is 11.8 Å². The summed E-state index contributed by atoms with van der Waals surface area (Å²) in [6, 6.07) is 6.79. The van der Waals surface area contributed by atoms with Crippen LogP contribution in [-0.2, 0) is 0 Å². The standard InChI is InChI=1S/C12H17IN2S/c1-8-9(2)16-6-5-15(8)12-4-3-10(14)7-11(12)13/h3-4,7-9H,5-6,14H2,1-2H3. The van der Waals surface area contributed by atoms with Gasteiger partial charge in [0.15, 0.2) is 0 Å². The van der Waals surface area contributed by atoms with E-state index in [1.54, 1.807) is 0 Å². The van der Waals surface area contributed by atoms with Crippen molar-refractivity contribution in [3.05, 3.63) is 21.8 Å². The molecular weight excluding hydrogens is 331 g/mol. The first kappa shape index (κ1) is 12.4. The third-order valence-electron chi connectivity index (χ3n) is 3.17. The molecule has 0 spiro atoms. The van der Waals surface area contributed by atoms with Gasteiger partial charge in [-0.25, -0.2) is 0 Å². The van der Waals surface area contributed by atoms with E-state index < -0.39 is 0 Å². The van der Waals surface area contributed by atoms with Gasteiger partial charge in [0.1, 0.15) is 0 Å². The Morgan fingerprint density at radius 2 is 2.19 bits per heavy atom. The molecule has 2 N–H and O–H groups in total. The minimum Gasteiger partial charge on any atom is -0.399 e. The van der Waals surface area contributed by atoms with Gasteiger partial charge >= 0.3 is 0 Å². The Labute approximate surface area is 115 Å². The lowest BCUT2D eigenvalue weighted by atomic mass is 10.1. The highest BCUT2D eigenvalue weighted by molar-refractivity contribution is 14.1. The first-order valence-electron chi connectivity index (χ1n) is 5.53. The van der Waals surface area contributed by atoms with E-state index in [-0.39, 0.29) is 0 Å². The largest absolute Gasteiger partial charge is 0.399 e. The molecule has 2 nitrogen and oxygen atoms in total. The maximum Gasteiger partial charge on any atom is 0.0506 e. The third-order valence-corrected chi connectivity index (χ3v) is 5.37. The van der Waals surface area contributed by atoms with Crippen molar-refractivity contribution in [3.63, 3.8) is 0 Å². The second-order valence-corrected chi connectivity index (χ2v) is 6.87. The van der Waals surface area contributed by atoms with Gasteiger partial charge in [0, 0.05) is 32.8 Å². The lowest BCUT2D eigenvalue weighted by Crippen LogP contribution is -2.45. The zero-order chi connectivity index (χ0) is 11.7. The van der Waals surface area contributed by atoms with E-state index >= 15 is 0 Å². The molecule has 0 aromatic heterocycles. The van der Waals surface area contributed by atoms with Crippen LogP contribution in [0.1, 0.15) is 13.8 Å². The fraction of sp³-hybridized carbons (Fsp3) is 0.500. The SMILES string of the molecule is CC1SCCN(c2ccc(N)cc2I)C1C. The molecule has 1 saturated heterocycles. The lowest BCUT2D eigenvalue weighted by Gasteiger charge is -2.39. The highest BCUT2D eigenvalue weighted by atomic mass is 127. The third kappa shape index (κ3) is 2.42. The molecule has 2 atom stereocenters. The lowest BCUT2D eigenvalue weighted by molar-refractivity contribution is 0.626. The Kier molecular flexibility index (Phi) is 3.89. The van der Waals surface area contributed by atoms with Gasteiger partial charge in [-0.15, -0.1) is 0 Å². The smallest absolute Gasteiger partial charge is 0.0506 e. The van der Waals surface area contributed by atoms with E-state index in [9.17, 15) is 0 Å². The van der Waals surface area contributed by atoms with Gasteiger partial charge in [0.2, 0.25) is 0 Å². The predicted molar refractivity (Wildman–Crippen MR) is 82.3 cm³/mol. The van der Waals surface area contributed by atoms with Crippen LogP contribution in [0.25, 0.3) is 0 Å². The molecular formula is C12H17IN2S. The Morgan fingerprint density at radius 3 is 2.88 bits per heavy atom. The number of nitrogens with zero attached hydrogens (tertiary/aromatic N) is 1. The van der Waals surface area contributed by atoms with Gasteiger partial charge in [0.05, 0.1) is 5.69 Å². The summed E-state index contributed by atoms with van der Waals surface area (Å²) in [5.74, 6) is 1.21. The molecule has 1 heterocycles. The van der Waals surface area contributed by atoms with Crippen molar-refractivity contribution < 1.29 is 0 Å². The number of nitrogen functional groups attached to an aromatic ring is 1. The summed E-state index contributed by atoms with van der Waals surface area (Å²) in [4.78, 5) is 2.50. The topological polar surface area (TPSA) is 29.3 Å². The fourth-order valence-corrected chi connectivity index (χ4v) is 3.98. The molecule has 1 aliphatic heterocycles. The Hall–Kier alpha value is -0.100. The number of halogens is 1. The Balaban J connectivity index is 2.29. The summed E-state index contributed by atoms with van der Waals surface area (Å²) in [7, 11) is 0. The van der Waals surface area contributed by atoms with Crippen molar-refractivity contribution in [3.8, 4) is 0 Å². The minimum absolute atomic E-state index is 0.593. The quantitative estimate of drug-likeness (QED) is 0.624. The van der Waals surface area contributed by atoms with E-state index in [2.05, 4.69) is 65.2 Å². The molecule has 1 aromatic rings. The molecule has 1 aliphatic rings. The number of benzene rings is 1. The number of thioether (sulfide) groups is 1. The molecule has 2 unspecified atom stereocenters. The Morgan fingerprint density at radius 1 is 1.44 bits per heavy atom. The summed E-state index contributed by atoms with van der Waals surface area (Å²) in [5, 5.41) is 0.696. The van der Waals surface area contributed by atoms with Crippen molar-refractivity contribution in [2.24, 2.45) is 0 Å². The monoisotopic (exact) mass is 348 g/mol. The second-order valence-electron chi connectivity index (χ2n) is 4.22. The van der Waals surface area contributed by atoms with E-state index in [1.807, 2.05) is 6.07 Å². The van der Waals surface area contributed by atoms with Crippen molar-refractivity contribution in [1.29, 1.82) is 0 Å². The first-order valence-corrected chi connectivity index (χ1v) is 7.65. The van der Waals surface area contributed by atoms with Crippen LogP contribution >= 0.6 is 34.4 Å².